The lowest BCUT2D eigenvalue weighted by Gasteiger charge is -2.13. The van der Waals surface area contributed by atoms with Gasteiger partial charge in [-0.25, -0.2) is 0 Å². The van der Waals surface area contributed by atoms with Crippen LogP contribution in [-0.4, -0.2) is 21.3 Å². The summed E-state index contributed by atoms with van der Waals surface area (Å²) in [5.74, 6) is 2.04. The highest BCUT2D eigenvalue weighted by Crippen LogP contribution is 2.49. The van der Waals surface area contributed by atoms with Crippen molar-refractivity contribution in [1.82, 2.24) is 0 Å². The lowest BCUT2D eigenvalue weighted by Crippen LogP contribution is -2.17. The summed E-state index contributed by atoms with van der Waals surface area (Å²) >= 11 is 0. The Hall–Kier alpha value is -0.0900. The van der Waals surface area contributed by atoms with Crippen molar-refractivity contribution in [2.45, 2.75) is 25.7 Å². The second-order valence-electron chi connectivity index (χ2n) is 4.33. The Labute approximate surface area is 79.6 Å². The maximum atomic E-state index is 10.8. The molecule has 0 atom stereocenters. The monoisotopic (exact) mass is 204 g/mol. The van der Waals surface area contributed by atoms with Crippen molar-refractivity contribution < 1.29 is 12.6 Å². The molecule has 4 heteroatoms. The Balaban J connectivity index is 1.83. The van der Waals surface area contributed by atoms with Crippen LogP contribution in [0, 0.1) is 17.8 Å². The van der Waals surface area contributed by atoms with Gasteiger partial charge in [0.05, 0.1) is 12.9 Å². The molecule has 2 aliphatic carbocycles. The van der Waals surface area contributed by atoms with E-state index >= 15 is 0 Å². The van der Waals surface area contributed by atoms with E-state index in [0.717, 1.165) is 18.1 Å². The van der Waals surface area contributed by atoms with E-state index in [9.17, 15) is 8.42 Å². The van der Waals surface area contributed by atoms with Gasteiger partial charge < -0.3 is 0 Å². The standard InChI is InChI=1S/C9H16O3S/c1-13(10,11)12-6-9(7-2-3-7)8-4-5-8/h7-9H,2-6H2,1H3. The van der Waals surface area contributed by atoms with Gasteiger partial charge in [-0.1, -0.05) is 0 Å². The molecular weight excluding hydrogens is 188 g/mol. The van der Waals surface area contributed by atoms with Crippen LogP contribution in [0.25, 0.3) is 0 Å². The SMILES string of the molecule is CS(=O)(=O)OCC(C1CC1)C1CC1. The highest BCUT2D eigenvalue weighted by Gasteiger charge is 2.41. The molecule has 0 radical (unpaired) electrons. The molecule has 76 valence electrons. The van der Waals surface area contributed by atoms with Gasteiger partial charge in [0.25, 0.3) is 10.1 Å². The van der Waals surface area contributed by atoms with Crippen LogP contribution in [0.2, 0.25) is 0 Å². The summed E-state index contributed by atoms with van der Waals surface area (Å²) in [6.07, 6.45) is 6.22. The van der Waals surface area contributed by atoms with Gasteiger partial charge >= 0.3 is 0 Å². The molecule has 2 saturated carbocycles. The van der Waals surface area contributed by atoms with E-state index in [0.29, 0.717) is 12.5 Å². The predicted molar refractivity (Wildman–Crippen MR) is 49.7 cm³/mol. The van der Waals surface area contributed by atoms with Gasteiger partial charge in [0.2, 0.25) is 0 Å². The lowest BCUT2D eigenvalue weighted by atomic mass is 9.99. The average molecular weight is 204 g/mol. The first-order valence-electron chi connectivity index (χ1n) is 4.90. The van der Waals surface area contributed by atoms with Crippen molar-refractivity contribution in [3.8, 4) is 0 Å². The van der Waals surface area contributed by atoms with Crippen molar-refractivity contribution in [2.75, 3.05) is 12.9 Å². The van der Waals surface area contributed by atoms with Crippen LogP contribution in [0.1, 0.15) is 25.7 Å². The molecule has 0 bridgehead atoms. The van der Waals surface area contributed by atoms with E-state index < -0.39 is 10.1 Å². The molecule has 0 spiro atoms. The first-order valence-corrected chi connectivity index (χ1v) is 6.72. The summed E-state index contributed by atoms with van der Waals surface area (Å²) in [6.45, 7) is 0.425. The molecule has 0 aromatic rings. The largest absolute Gasteiger partial charge is 0.270 e. The fourth-order valence-electron chi connectivity index (χ4n) is 1.91. The summed E-state index contributed by atoms with van der Waals surface area (Å²) in [5, 5.41) is 0. The normalized spacial score (nSPS) is 23.8. The molecule has 0 saturated heterocycles. The maximum absolute atomic E-state index is 10.8. The highest BCUT2D eigenvalue weighted by atomic mass is 32.2. The van der Waals surface area contributed by atoms with Crippen molar-refractivity contribution >= 4 is 10.1 Å². The molecule has 0 aliphatic heterocycles. The lowest BCUT2D eigenvalue weighted by molar-refractivity contribution is 0.219. The Morgan fingerprint density at radius 2 is 1.69 bits per heavy atom. The van der Waals surface area contributed by atoms with E-state index in [1.807, 2.05) is 0 Å². The number of hydrogen-bond donors (Lipinski definition) is 0. The molecule has 0 N–H and O–H groups in total. The molecule has 2 rings (SSSR count). The van der Waals surface area contributed by atoms with Crippen LogP contribution in [0.15, 0.2) is 0 Å². The van der Waals surface area contributed by atoms with E-state index in [1.54, 1.807) is 0 Å². The van der Waals surface area contributed by atoms with Crippen LogP contribution in [0.4, 0.5) is 0 Å². The first kappa shape index (κ1) is 9.46. The summed E-state index contributed by atoms with van der Waals surface area (Å²) in [5.41, 5.74) is 0. The summed E-state index contributed by atoms with van der Waals surface area (Å²) < 4.78 is 26.5. The van der Waals surface area contributed by atoms with Gasteiger partial charge in [0.1, 0.15) is 0 Å². The Kier molecular flexibility index (Phi) is 2.36. The zero-order valence-corrected chi connectivity index (χ0v) is 8.72. The van der Waals surface area contributed by atoms with Gasteiger partial charge in [-0.05, 0) is 43.4 Å². The van der Waals surface area contributed by atoms with Crippen molar-refractivity contribution in [3.05, 3.63) is 0 Å². The van der Waals surface area contributed by atoms with Crippen LogP contribution in [0.5, 0.6) is 0 Å². The summed E-state index contributed by atoms with van der Waals surface area (Å²) in [6, 6.07) is 0. The van der Waals surface area contributed by atoms with Gasteiger partial charge in [0, 0.05) is 0 Å². The molecule has 0 amide bonds. The smallest absolute Gasteiger partial charge is 0.264 e. The zero-order chi connectivity index (χ0) is 9.47. The fourth-order valence-corrected chi connectivity index (χ4v) is 2.31. The van der Waals surface area contributed by atoms with E-state index in [-0.39, 0.29) is 0 Å². The van der Waals surface area contributed by atoms with Crippen LogP contribution < -0.4 is 0 Å². The summed E-state index contributed by atoms with van der Waals surface area (Å²) in [7, 11) is -3.23. The molecule has 0 heterocycles. The second kappa shape index (κ2) is 3.24. The van der Waals surface area contributed by atoms with Gasteiger partial charge in [-0.2, -0.15) is 8.42 Å². The fraction of sp³-hybridized carbons (Fsp3) is 1.00. The zero-order valence-electron chi connectivity index (χ0n) is 7.90. The van der Waals surface area contributed by atoms with E-state index in [1.165, 1.54) is 25.7 Å². The molecule has 2 aliphatic rings. The van der Waals surface area contributed by atoms with Crippen LogP contribution >= 0.6 is 0 Å². The third kappa shape index (κ3) is 2.95. The topological polar surface area (TPSA) is 43.4 Å². The van der Waals surface area contributed by atoms with Gasteiger partial charge in [0.15, 0.2) is 0 Å². The molecule has 0 aromatic carbocycles. The highest BCUT2D eigenvalue weighted by molar-refractivity contribution is 7.85. The first-order chi connectivity index (χ1) is 6.06. The Bertz CT molecular complexity index is 263. The van der Waals surface area contributed by atoms with Crippen molar-refractivity contribution in [1.29, 1.82) is 0 Å². The van der Waals surface area contributed by atoms with Gasteiger partial charge in [-0.3, -0.25) is 4.18 Å². The minimum Gasteiger partial charge on any atom is -0.270 e. The molecule has 0 unspecified atom stereocenters. The maximum Gasteiger partial charge on any atom is 0.264 e. The van der Waals surface area contributed by atoms with Gasteiger partial charge in [-0.15, -0.1) is 0 Å². The molecular formula is C9H16O3S. The third-order valence-electron chi connectivity index (χ3n) is 2.93. The summed E-state index contributed by atoms with van der Waals surface area (Å²) in [4.78, 5) is 0. The Morgan fingerprint density at radius 3 is 2.00 bits per heavy atom. The van der Waals surface area contributed by atoms with Crippen molar-refractivity contribution in [3.63, 3.8) is 0 Å². The minimum absolute atomic E-state index is 0.425. The second-order valence-corrected chi connectivity index (χ2v) is 5.97. The van der Waals surface area contributed by atoms with E-state index in [2.05, 4.69) is 0 Å². The van der Waals surface area contributed by atoms with Crippen LogP contribution in [-0.2, 0) is 14.3 Å². The van der Waals surface area contributed by atoms with E-state index in [4.69, 9.17) is 4.18 Å². The van der Waals surface area contributed by atoms with Crippen molar-refractivity contribution in [2.24, 2.45) is 17.8 Å². The molecule has 13 heavy (non-hydrogen) atoms. The number of rotatable bonds is 5. The molecule has 3 nitrogen and oxygen atoms in total. The Morgan fingerprint density at radius 1 is 1.23 bits per heavy atom. The number of hydrogen-bond acceptors (Lipinski definition) is 3. The third-order valence-corrected chi connectivity index (χ3v) is 3.49. The molecule has 2 fully saturated rings. The van der Waals surface area contributed by atoms with Crippen LogP contribution in [0.3, 0.4) is 0 Å². The molecule has 0 aromatic heterocycles. The minimum atomic E-state index is -3.23. The quantitative estimate of drug-likeness (QED) is 0.636. The predicted octanol–water partition coefficient (Wildman–Crippen LogP) is 1.40. The average Bonchev–Trinajstić information content (AvgIpc) is 2.80.